The van der Waals surface area contributed by atoms with Gasteiger partial charge in [-0.1, -0.05) is 6.42 Å². The van der Waals surface area contributed by atoms with Gasteiger partial charge in [-0.2, -0.15) is 0 Å². The molecule has 92 valence electrons. The number of amides is 1. The Bertz CT molecular complexity index is 253. The summed E-state index contributed by atoms with van der Waals surface area (Å²) in [6.45, 7) is 4.14. The van der Waals surface area contributed by atoms with Gasteiger partial charge in [-0.05, 0) is 39.2 Å². The molecule has 0 spiro atoms. The molecule has 2 aliphatic rings. The lowest BCUT2D eigenvalue weighted by atomic mass is 10.0. The van der Waals surface area contributed by atoms with Crippen LogP contribution in [0.4, 0.5) is 0 Å². The van der Waals surface area contributed by atoms with E-state index in [-0.39, 0.29) is 11.9 Å². The van der Waals surface area contributed by atoms with Crippen LogP contribution in [0.3, 0.4) is 0 Å². The summed E-state index contributed by atoms with van der Waals surface area (Å²) >= 11 is 0. The van der Waals surface area contributed by atoms with Crippen LogP contribution < -0.4 is 11.1 Å². The fourth-order valence-corrected chi connectivity index (χ4v) is 2.42. The van der Waals surface area contributed by atoms with E-state index in [2.05, 4.69) is 17.1 Å². The van der Waals surface area contributed by atoms with Crippen LogP contribution in [0.5, 0.6) is 0 Å². The van der Waals surface area contributed by atoms with Gasteiger partial charge in [0, 0.05) is 18.6 Å². The molecule has 2 rings (SSSR count). The first-order valence-corrected chi connectivity index (χ1v) is 6.46. The molecule has 0 radical (unpaired) electrons. The lowest BCUT2D eigenvalue weighted by Crippen LogP contribution is -2.52. The first kappa shape index (κ1) is 11.9. The van der Waals surface area contributed by atoms with Crippen molar-refractivity contribution in [2.45, 2.75) is 57.2 Å². The summed E-state index contributed by atoms with van der Waals surface area (Å²) in [5.74, 6) is -0.204. The van der Waals surface area contributed by atoms with Crippen molar-refractivity contribution in [3.8, 4) is 0 Å². The SMILES string of the molecule is CC1CCCCN1CC(NC1CC1)C(N)=O. The molecule has 16 heavy (non-hydrogen) atoms. The second-order valence-electron chi connectivity index (χ2n) is 5.24. The maximum Gasteiger partial charge on any atom is 0.235 e. The fourth-order valence-electron chi connectivity index (χ4n) is 2.42. The van der Waals surface area contributed by atoms with Gasteiger partial charge in [0.2, 0.25) is 5.91 Å². The molecular formula is C12H23N3O. The third-order valence-corrected chi connectivity index (χ3v) is 3.72. The van der Waals surface area contributed by atoms with Gasteiger partial charge in [-0.25, -0.2) is 0 Å². The first-order valence-electron chi connectivity index (χ1n) is 6.46. The number of likely N-dealkylation sites (tertiary alicyclic amines) is 1. The molecular weight excluding hydrogens is 202 g/mol. The monoisotopic (exact) mass is 225 g/mol. The second kappa shape index (κ2) is 5.15. The molecule has 2 fully saturated rings. The first-order chi connectivity index (χ1) is 7.66. The van der Waals surface area contributed by atoms with Crippen molar-refractivity contribution in [2.75, 3.05) is 13.1 Å². The van der Waals surface area contributed by atoms with Crippen LogP contribution >= 0.6 is 0 Å². The van der Waals surface area contributed by atoms with Crippen LogP contribution in [-0.4, -0.2) is 42.0 Å². The van der Waals surface area contributed by atoms with Gasteiger partial charge in [0.05, 0.1) is 6.04 Å². The highest BCUT2D eigenvalue weighted by Crippen LogP contribution is 2.21. The quantitative estimate of drug-likeness (QED) is 0.715. The Morgan fingerprint density at radius 2 is 2.19 bits per heavy atom. The Hall–Kier alpha value is -0.610. The largest absolute Gasteiger partial charge is 0.368 e. The van der Waals surface area contributed by atoms with Crippen molar-refractivity contribution in [1.82, 2.24) is 10.2 Å². The number of piperidine rings is 1. The highest BCUT2D eigenvalue weighted by atomic mass is 16.1. The van der Waals surface area contributed by atoms with Gasteiger partial charge >= 0.3 is 0 Å². The number of hydrogen-bond acceptors (Lipinski definition) is 3. The average molecular weight is 225 g/mol. The number of hydrogen-bond donors (Lipinski definition) is 2. The molecule has 0 aromatic heterocycles. The third-order valence-electron chi connectivity index (χ3n) is 3.72. The van der Waals surface area contributed by atoms with Gasteiger partial charge in [0.1, 0.15) is 0 Å². The normalized spacial score (nSPS) is 28.9. The number of primary amides is 1. The minimum atomic E-state index is -0.204. The van der Waals surface area contributed by atoms with E-state index < -0.39 is 0 Å². The van der Waals surface area contributed by atoms with E-state index in [9.17, 15) is 4.79 Å². The molecule has 1 heterocycles. The zero-order chi connectivity index (χ0) is 11.5. The number of nitrogens with zero attached hydrogens (tertiary/aromatic N) is 1. The number of carbonyl (C=O) groups excluding carboxylic acids is 1. The summed E-state index contributed by atoms with van der Waals surface area (Å²) in [5, 5.41) is 3.34. The average Bonchev–Trinajstić information content (AvgIpc) is 3.04. The second-order valence-corrected chi connectivity index (χ2v) is 5.24. The van der Waals surface area contributed by atoms with Gasteiger partial charge in [-0.3, -0.25) is 9.69 Å². The molecule has 0 aromatic carbocycles. The predicted molar refractivity (Wildman–Crippen MR) is 64.0 cm³/mol. The smallest absolute Gasteiger partial charge is 0.235 e. The molecule has 0 bridgehead atoms. The van der Waals surface area contributed by atoms with Crippen LogP contribution in [0.25, 0.3) is 0 Å². The van der Waals surface area contributed by atoms with Gasteiger partial charge < -0.3 is 11.1 Å². The standard InChI is InChI=1S/C12H23N3O/c1-9-4-2-3-7-15(9)8-11(12(13)16)14-10-5-6-10/h9-11,14H,2-8H2,1H3,(H2,13,16). The van der Waals surface area contributed by atoms with E-state index in [1.165, 1.54) is 32.1 Å². The zero-order valence-electron chi connectivity index (χ0n) is 10.1. The van der Waals surface area contributed by atoms with Crippen molar-refractivity contribution in [3.05, 3.63) is 0 Å². The number of rotatable bonds is 5. The minimum Gasteiger partial charge on any atom is -0.368 e. The van der Waals surface area contributed by atoms with Crippen molar-refractivity contribution in [2.24, 2.45) is 5.73 Å². The van der Waals surface area contributed by atoms with Gasteiger partial charge in [0.15, 0.2) is 0 Å². The summed E-state index contributed by atoms with van der Waals surface area (Å²) in [5.41, 5.74) is 5.45. The molecule has 1 saturated carbocycles. The molecule has 3 N–H and O–H groups in total. The molecule has 1 amide bonds. The van der Waals surface area contributed by atoms with E-state index >= 15 is 0 Å². The van der Waals surface area contributed by atoms with E-state index in [1.807, 2.05) is 0 Å². The van der Waals surface area contributed by atoms with Crippen molar-refractivity contribution in [1.29, 1.82) is 0 Å². The number of nitrogens with two attached hydrogens (primary N) is 1. The lowest BCUT2D eigenvalue weighted by molar-refractivity contribution is -0.120. The van der Waals surface area contributed by atoms with E-state index in [0.29, 0.717) is 12.1 Å². The Kier molecular flexibility index (Phi) is 3.82. The molecule has 2 atom stereocenters. The Morgan fingerprint density at radius 3 is 2.75 bits per heavy atom. The van der Waals surface area contributed by atoms with E-state index in [1.54, 1.807) is 0 Å². The summed E-state index contributed by atoms with van der Waals surface area (Å²) in [7, 11) is 0. The third kappa shape index (κ3) is 3.19. The topological polar surface area (TPSA) is 58.4 Å². The van der Waals surface area contributed by atoms with Crippen LogP contribution in [0.1, 0.15) is 39.0 Å². The van der Waals surface area contributed by atoms with Crippen LogP contribution in [0.15, 0.2) is 0 Å². The maximum atomic E-state index is 11.4. The molecule has 4 heteroatoms. The number of nitrogens with one attached hydrogen (secondary N) is 1. The number of carbonyl (C=O) groups is 1. The Balaban J connectivity index is 1.85. The van der Waals surface area contributed by atoms with Crippen LogP contribution in [0, 0.1) is 0 Å². The Morgan fingerprint density at radius 1 is 1.44 bits per heavy atom. The molecule has 1 aliphatic heterocycles. The molecule has 4 nitrogen and oxygen atoms in total. The molecule has 1 aliphatic carbocycles. The van der Waals surface area contributed by atoms with Gasteiger partial charge in [-0.15, -0.1) is 0 Å². The summed E-state index contributed by atoms with van der Waals surface area (Å²) in [4.78, 5) is 13.8. The lowest BCUT2D eigenvalue weighted by Gasteiger charge is -2.35. The minimum absolute atomic E-state index is 0.159. The van der Waals surface area contributed by atoms with Crippen molar-refractivity contribution >= 4 is 5.91 Å². The Labute approximate surface area is 97.6 Å². The van der Waals surface area contributed by atoms with Crippen molar-refractivity contribution in [3.63, 3.8) is 0 Å². The highest BCUT2D eigenvalue weighted by molar-refractivity contribution is 5.80. The van der Waals surface area contributed by atoms with E-state index in [4.69, 9.17) is 5.73 Å². The molecule has 0 aromatic rings. The summed E-state index contributed by atoms with van der Waals surface area (Å²) in [6.07, 6.45) is 6.20. The fraction of sp³-hybridized carbons (Fsp3) is 0.917. The molecule has 1 saturated heterocycles. The summed E-state index contributed by atoms with van der Waals surface area (Å²) in [6, 6.07) is 0.974. The predicted octanol–water partition coefficient (Wildman–Crippen LogP) is 0.467. The van der Waals surface area contributed by atoms with Crippen LogP contribution in [0.2, 0.25) is 0 Å². The maximum absolute atomic E-state index is 11.4. The molecule has 2 unspecified atom stereocenters. The van der Waals surface area contributed by atoms with Crippen LogP contribution in [-0.2, 0) is 4.79 Å². The zero-order valence-corrected chi connectivity index (χ0v) is 10.1. The highest BCUT2D eigenvalue weighted by Gasteiger charge is 2.30. The van der Waals surface area contributed by atoms with Gasteiger partial charge in [0.25, 0.3) is 0 Å². The van der Waals surface area contributed by atoms with E-state index in [0.717, 1.165) is 13.1 Å². The van der Waals surface area contributed by atoms with Crippen molar-refractivity contribution < 1.29 is 4.79 Å². The summed E-state index contributed by atoms with van der Waals surface area (Å²) < 4.78 is 0.